The third kappa shape index (κ3) is 3.27. The molecule has 0 aliphatic carbocycles. The maximum Gasteiger partial charge on any atom is 0.0642 e. The van der Waals surface area contributed by atoms with Crippen LogP contribution < -0.4 is 0 Å². The van der Waals surface area contributed by atoms with E-state index in [-0.39, 0.29) is 6.61 Å². The van der Waals surface area contributed by atoms with Gasteiger partial charge in [0.05, 0.1) is 6.61 Å². The molecule has 0 amide bonds. The van der Waals surface area contributed by atoms with Crippen LogP contribution in [0.1, 0.15) is 6.42 Å². The summed E-state index contributed by atoms with van der Waals surface area (Å²) >= 11 is 0. The Morgan fingerprint density at radius 2 is 2.29 bits per heavy atom. The largest absolute Gasteiger partial charge is 0.392 e. The molecule has 1 nitrogen and oxygen atoms in total. The van der Waals surface area contributed by atoms with Gasteiger partial charge >= 0.3 is 0 Å². The van der Waals surface area contributed by atoms with E-state index in [2.05, 4.69) is 13.2 Å². The Morgan fingerprint density at radius 1 is 1.71 bits per heavy atom. The molecule has 0 aliphatic heterocycles. The molecule has 0 aromatic heterocycles. The van der Waals surface area contributed by atoms with Gasteiger partial charge < -0.3 is 5.11 Å². The lowest BCUT2D eigenvalue weighted by Gasteiger charge is -1.90. The van der Waals surface area contributed by atoms with Crippen LogP contribution in [-0.2, 0) is 0 Å². The van der Waals surface area contributed by atoms with Crippen LogP contribution in [0.15, 0.2) is 24.8 Å². The van der Waals surface area contributed by atoms with E-state index in [1.807, 2.05) is 0 Å². The molecule has 1 N–H and O–H groups in total. The molecule has 0 aromatic carbocycles. The van der Waals surface area contributed by atoms with E-state index in [0.29, 0.717) is 0 Å². The summed E-state index contributed by atoms with van der Waals surface area (Å²) < 4.78 is 0. The number of allylic oxidation sites excluding steroid dienone is 1. The van der Waals surface area contributed by atoms with Crippen molar-refractivity contribution >= 4 is 0 Å². The fourth-order valence-electron chi connectivity index (χ4n) is 0.269. The summed E-state index contributed by atoms with van der Waals surface area (Å²) in [5.74, 6) is 0. The average molecular weight is 98.1 g/mol. The Labute approximate surface area is 44.0 Å². The second kappa shape index (κ2) is 3.62. The lowest BCUT2D eigenvalue weighted by atomic mass is 10.2. The second-order valence-corrected chi connectivity index (χ2v) is 1.40. The third-order valence-corrected chi connectivity index (χ3v) is 0.657. The van der Waals surface area contributed by atoms with E-state index in [9.17, 15) is 0 Å². The third-order valence-electron chi connectivity index (χ3n) is 0.657. The standard InChI is InChI=1S/C6H10O/c1-3-4-6(2)5-7/h3,7H,1-2,4-5H2. The van der Waals surface area contributed by atoms with Crippen LogP contribution in [-0.4, -0.2) is 11.7 Å². The first-order valence-electron chi connectivity index (χ1n) is 2.19. The highest BCUT2D eigenvalue weighted by Crippen LogP contribution is 1.93. The molecule has 0 spiro atoms. The molecule has 0 rings (SSSR count). The highest BCUT2D eigenvalue weighted by molar-refractivity contribution is 4.99. The number of rotatable bonds is 3. The molecule has 0 bridgehead atoms. The molecule has 1 heteroatoms. The molecule has 7 heavy (non-hydrogen) atoms. The van der Waals surface area contributed by atoms with Crippen molar-refractivity contribution in [2.24, 2.45) is 0 Å². The van der Waals surface area contributed by atoms with Gasteiger partial charge in [-0.2, -0.15) is 0 Å². The smallest absolute Gasteiger partial charge is 0.0642 e. The first-order chi connectivity index (χ1) is 3.31. The Morgan fingerprint density at radius 3 is 2.43 bits per heavy atom. The van der Waals surface area contributed by atoms with Crippen LogP contribution in [0.5, 0.6) is 0 Å². The molecule has 0 heterocycles. The molecule has 40 valence electrons. The fraction of sp³-hybridized carbons (Fsp3) is 0.333. The summed E-state index contributed by atoms with van der Waals surface area (Å²) in [6.45, 7) is 7.09. The van der Waals surface area contributed by atoms with E-state index in [1.54, 1.807) is 6.08 Å². The number of aliphatic hydroxyl groups excluding tert-OH is 1. The van der Waals surface area contributed by atoms with Crippen molar-refractivity contribution in [3.63, 3.8) is 0 Å². The van der Waals surface area contributed by atoms with Gasteiger partial charge in [-0.1, -0.05) is 12.7 Å². The minimum atomic E-state index is 0.0754. The number of aliphatic hydroxyl groups is 1. The quantitative estimate of drug-likeness (QED) is 0.524. The average Bonchev–Trinajstić information content (AvgIpc) is 1.68. The normalized spacial score (nSPS) is 8.14. The number of hydrogen-bond donors (Lipinski definition) is 1. The van der Waals surface area contributed by atoms with Crippen molar-refractivity contribution in [2.75, 3.05) is 6.61 Å². The van der Waals surface area contributed by atoms with Gasteiger partial charge in [-0.05, 0) is 12.0 Å². The van der Waals surface area contributed by atoms with Crippen LogP contribution in [0, 0.1) is 0 Å². The molecular formula is C6H10O. The van der Waals surface area contributed by atoms with Crippen molar-refractivity contribution in [2.45, 2.75) is 6.42 Å². The Balaban J connectivity index is 3.17. The van der Waals surface area contributed by atoms with Crippen molar-refractivity contribution < 1.29 is 5.11 Å². The summed E-state index contributed by atoms with van der Waals surface area (Å²) in [6.07, 6.45) is 2.44. The molecule has 0 unspecified atom stereocenters. The van der Waals surface area contributed by atoms with E-state index in [0.717, 1.165) is 12.0 Å². The maximum absolute atomic E-state index is 8.32. The Bertz CT molecular complexity index is 74.2. The van der Waals surface area contributed by atoms with Crippen LogP contribution >= 0.6 is 0 Å². The predicted octanol–water partition coefficient (Wildman–Crippen LogP) is 1.11. The predicted molar refractivity (Wildman–Crippen MR) is 31.0 cm³/mol. The minimum absolute atomic E-state index is 0.0754. The zero-order valence-corrected chi connectivity index (χ0v) is 4.35. The van der Waals surface area contributed by atoms with Crippen molar-refractivity contribution in [3.05, 3.63) is 24.8 Å². The molecule has 0 saturated heterocycles. The van der Waals surface area contributed by atoms with Crippen LogP contribution in [0.3, 0.4) is 0 Å². The van der Waals surface area contributed by atoms with Gasteiger partial charge in [0.25, 0.3) is 0 Å². The lowest BCUT2D eigenvalue weighted by Crippen LogP contribution is -1.83. The van der Waals surface area contributed by atoms with Gasteiger partial charge in [0.2, 0.25) is 0 Å². The Kier molecular flexibility index (Phi) is 3.33. The summed E-state index contributed by atoms with van der Waals surface area (Å²) in [7, 11) is 0. The highest BCUT2D eigenvalue weighted by atomic mass is 16.3. The van der Waals surface area contributed by atoms with Gasteiger partial charge in [-0.3, -0.25) is 0 Å². The molecule has 0 radical (unpaired) electrons. The second-order valence-electron chi connectivity index (χ2n) is 1.40. The van der Waals surface area contributed by atoms with Gasteiger partial charge in [0.15, 0.2) is 0 Å². The van der Waals surface area contributed by atoms with E-state index in [4.69, 9.17) is 5.11 Å². The monoisotopic (exact) mass is 98.1 g/mol. The van der Waals surface area contributed by atoms with E-state index in [1.165, 1.54) is 0 Å². The van der Waals surface area contributed by atoms with Gasteiger partial charge in [-0.15, -0.1) is 6.58 Å². The zero-order chi connectivity index (χ0) is 5.70. The van der Waals surface area contributed by atoms with Crippen LogP contribution in [0.4, 0.5) is 0 Å². The lowest BCUT2D eigenvalue weighted by molar-refractivity contribution is 0.329. The minimum Gasteiger partial charge on any atom is -0.392 e. The van der Waals surface area contributed by atoms with Crippen LogP contribution in [0.25, 0.3) is 0 Å². The molecule has 0 atom stereocenters. The molecule has 0 saturated carbocycles. The highest BCUT2D eigenvalue weighted by Gasteiger charge is 1.81. The van der Waals surface area contributed by atoms with Gasteiger partial charge in [0.1, 0.15) is 0 Å². The van der Waals surface area contributed by atoms with E-state index < -0.39 is 0 Å². The first-order valence-corrected chi connectivity index (χ1v) is 2.19. The SMILES string of the molecule is C=CCC(=C)CO. The first kappa shape index (κ1) is 6.44. The zero-order valence-electron chi connectivity index (χ0n) is 4.35. The summed E-state index contributed by atoms with van der Waals surface area (Å²) in [5, 5.41) is 8.32. The van der Waals surface area contributed by atoms with Gasteiger partial charge in [-0.25, -0.2) is 0 Å². The number of hydrogen-bond acceptors (Lipinski definition) is 1. The molecule has 0 aromatic rings. The molecular weight excluding hydrogens is 88.1 g/mol. The summed E-state index contributed by atoms with van der Waals surface area (Å²) in [5.41, 5.74) is 0.815. The molecule has 0 aliphatic rings. The van der Waals surface area contributed by atoms with E-state index >= 15 is 0 Å². The van der Waals surface area contributed by atoms with Crippen molar-refractivity contribution in [1.82, 2.24) is 0 Å². The maximum atomic E-state index is 8.32. The topological polar surface area (TPSA) is 20.2 Å². The summed E-state index contributed by atoms with van der Waals surface area (Å²) in [4.78, 5) is 0. The van der Waals surface area contributed by atoms with Crippen molar-refractivity contribution in [1.29, 1.82) is 0 Å². The fourth-order valence-corrected chi connectivity index (χ4v) is 0.269. The Hall–Kier alpha value is -0.560. The summed E-state index contributed by atoms with van der Waals surface area (Å²) in [6, 6.07) is 0. The van der Waals surface area contributed by atoms with Crippen LogP contribution in [0.2, 0.25) is 0 Å². The van der Waals surface area contributed by atoms with Crippen molar-refractivity contribution in [3.8, 4) is 0 Å². The van der Waals surface area contributed by atoms with Gasteiger partial charge in [0, 0.05) is 0 Å². The molecule has 0 fully saturated rings.